The first-order chi connectivity index (χ1) is 9.57. The van der Waals surface area contributed by atoms with Crippen LogP contribution in [0.1, 0.15) is 12.7 Å². The summed E-state index contributed by atoms with van der Waals surface area (Å²) in [6.45, 7) is 1.75. The largest absolute Gasteiger partial charge is 0.461 e. The number of carbonyl (C=O) groups excluding carboxylic acids is 2. The molecule has 102 valence electrons. The van der Waals surface area contributed by atoms with Gasteiger partial charge in [0.2, 0.25) is 5.91 Å². The van der Waals surface area contributed by atoms with E-state index >= 15 is 0 Å². The fourth-order valence-corrected chi connectivity index (χ4v) is 3.09. The molecule has 2 amide bonds. The molecule has 1 aliphatic rings. The Bertz CT molecular complexity index is 665. The Balaban J connectivity index is 1.82. The number of furan rings is 1. The Morgan fingerprint density at radius 2 is 1.90 bits per heavy atom. The highest BCUT2D eigenvalue weighted by Gasteiger charge is 2.44. The lowest BCUT2D eigenvalue weighted by molar-refractivity contribution is -0.121. The fraction of sp³-hybridized carbons (Fsp3) is 0.200. The van der Waals surface area contributed by atoms with Crippen LogP contribution < -0.4 is 5.32 Å². The van der Waals surface area contributed by atoms with E-state index in [9.17, 15) is 9.59 Å². The number of amides is 2. The molecule has 0 spiro atoms. The number of benzene rings is 1. The molecule has 2 aromatic rings. The summed E-state index contributed by atoms with van der Waals surface area (Å²) in [5.41, 5.74) is 0.989. The second-order valence-electron chi connectivity index (χ2n) is 4.88. The highest BCUT2D eigenvalue weighted by Crippen LogP contribution is 2.35. The van der Waals surface area contributed by atoms with Gasteiger partial charge in [0.05, 0.1) is 0 Å². The van der Waals surface area contributed by atoms with Gasteiger partial charge >= 0.3 is 0 Å². The summed E-state index contributed by atoms with van der Waals surface area (Å²) in [6, 6.07) is 13.5. The zero-order valence-corrected chi connectivity index (χ0v) is 11.7. The number of rotatable bonds is 3. The molecule has 0 aliphatic carbocycles. The van der Waals surface area contributed by atoms with Gasteiger partial charge in [-0.15, -0.1) is 0 Å². The summed E-state index contributed by atoms with van der Waals surface area (Å²) in [6.07, 6.45) is 0.391. The Morgan fingerprint density at radius 1 is 1.15 bits per heavy atom. The molecule has 1 N–H and O–H groups in total. The summed E-state index contributed by atoms with van der Waals surface area (Å²) >= 11 is 1.02. The van der Waals surface area contributed by atoms with Gasteiger partial charge in [-0.1, -0.05) is 30.3 Å². The van der Waals surface area contributed by atoms with Gasteiger partial charge in [0.25, 0.3) is 5.24 Å². The fourth-order valence-electron chi connectivity index (χ4n) is 2.18. The molecule has 0 radical (unpaired) electrons. The molecule has 1 aromatic carbocycles. The van der Waals surface area contributed by atoms with Crippen LogP contribution in [0, 0.1) is 0 Å². The molecule has 4 nitrogen and oxygen atoms in total. The van der Waals surface area contributed by atoms with Gasteiger partial charge in [0.1, 0.15) is 16.3 Å². The van der Waals surface area contributed by atoms with Crippen molar-refractivity contribution in [3.05, 3.63) is 48.2 Å². The topological polar surface area (TPSA) is 59.3 Å². The van der Waals surface area contributed by atoms with E-state index in [0.717, 1.165) is 23.1 Å². The third kappa shape index (κ3) is 2.36. The quantitative estimate of drug-likeness (QED) is 0.941. The Morgan fingerprint density at radius 3 is 2.55 bits per heavy atom. The van der Waals surface area contributed by atoms with Crippen molar-refractivity contribution in [2.24, 2.45) is 0 Å². The molecule has 1 aromatic heterocycles. The van der Waals surface area contributed by atoms with Crippen molar-refractivity contribution in [3.8, 4) is 11.3 Å². The maximum atomic E-state index is 11.8. The minimum atomic E-state index is -0.789. The zero-order chi connectivity index (χ0) is 14.2. The van der Waals surface area contributed by atoms with Crippen LogP contribution in [-0.2, 0) is 11.2 Å². The van der Waals surface area contributed by atoms with Crippen LogP contribution in [0.15, 0.2) is 46.9 Å². The maximum Gasteiger partial charge on any atom is 0.286 e. The normalized spacial score (nSPS) is 22.1. The first kappa shape index (κ1) is 13.0. The number of hydrogen-bond donors (Lipinski definition) is 1. The van der Waals surface area contributed by atoms with Crippen molar-refractivity contribution in [1.29, 1.82) is 0 Å². The Kier molecular flexibility index (Phi) is 3.14. The number of hydrogen-bond acceptors (Lipinski definition) is 4. The van der Waals surface area contributed by atoms with Gasteiger partial charge in [-0.25, -0.2) is 0 Å². The summed E-state index contributed by atoms with van der Waals surface area (Å²) in [5, 5.41) is 2.01. The predicted octanol–water partition coefficient (Wildman–Crippen LogP) is 3.23. The third-order valence-electron chi connectivity index (χ3n) is 3.25. The van der Waals surface area contributed by atoms with Gasteiger partial charge in [-0.3, -0.25) is 14.9 Å². The highest BCUT2D eigenvalue weighted by molar-refractivity contribution is 8.16. The molecule has 1 aliphatic heterocycles. The molecule has 2 heterocycles. The highest BCUT2D eigenvalue weighted by atomic mass is 32.2. The molecule has 1 saturated heterocycles. The molecule has 1 fully saturated rings. The van der Waals surface area contributed by atoms with Crippen LogP contribution in [0.2, 0.25) is 0 Å². The molecule has 1 unspecified atom stereocenters. The summed E-state index contributed by atoms with van der Waals surface area (Å²) in [7, 11) is 0. The van der Waals surface area contributed by atoms with Crippen molar-refractivity contribution in [3.63, 3.8) is 0 Å². The van der Waals surface area contributed by atoms with Gasteiger partial charge in [-0.05, 0) is 30.8 Å². The Hall–Kier alpha value is -2.01. The lowest BCUT2D eigenvalue weighted by Crippen LogP contribution is -2.35. The monoisotopic (exact) mass is 287 g/mol. The zero-order valence-electron chi connectivity index (χ0n) is 10.9. The summed E-state index contributed by atoms with van der Waals surface area (Å²) in [5.74, 6) is 1.20. The second kappa shape index (κ2) is 4.83. The van der Waals surface area contributed by atoms with E-state index in [4.69, 9.17) is 4.42 Å². The standard InChI is InChI=1S/C15H13NO3S/c1-15(13(17)16-14(18)20-15)9-11-7-8-12(19-11)10-5-3-2-4-6-10/h2-8H,9H2,1H3,(H,16,17,18). The summed E-state index contributed by atoms with van der Waals surface area (Å²) < 4.78 is 4.99. The third-order valence-corrected chi connectivity index (χ3v) is 4.31. The predicted molar refractivity (Wildman–Crippen MR) is 77.4 cm³/mol. The minimum Gasteiger partial charge on any atom is -0.461 e. The van der Waals surface area contributed by atoms with E-state index < -0.39 is 4.75 Å². The van der Waals surface area contributed by atoms with Crippen LogP contribution >= 0.6 is 11.8 Å². The summed E-state index contributed by atoms with van der Waals surface area (Å²) in [4.78, 5) is 23.1. The minimum absolute atomic E-state index is 0.259. The first-order valence-corrected chi connectivity index (χ1v) is 7.07. The molecule has 0 saturated carbocycles. The van der Waals surface area contributed by atoms with Gasteiger partial charge in [0, 0.05) is 12.0 Å². The molecule has 3 rings (SSSR count). The maximum absolute atomic E-state index is 11.8. The molecular formula is C15H13NO3S. The SMILES string of the molecule is CC1(Cc2ccc(-c3ccccc3)o2)SC(=O)NC1=O. The van der Waals surface area contributed by atoms with Crippen molar-refractivity contribution in [2.75, 3.05) is 0 Å². The van der Waals surface area contributed by atoms with Crippen molar-refractivity contribution in [1.82, 2.24) is 5.32 Å². The van der Waals surface area contributed by atoms with Crippen LogP contribution in [0.4, 0.5) is 4.79 Å². The van der Waals surface area contributed by atoms with Gasteiger partial charge < -0.3 is 4.42 Å². The van der Waals surface area contributed by atoms with E-state index in [1.165, 1.54) is 0 Å². The molecule has 1 atom stereocenters. The molecule has 5 heteroatoms. The van der Waals surface area contributed by atoms with Gasteiger partial charge in [0.15, 0.2) is 0 Å². The van der Waals surface area contributed by atoms with E-state index in [2.05, 4.69) is 5.32 Å². The molecule has 20 heavy (non-hydrogen) atoms. The smallest absolute Gasteiger partial charge is 0.286 e. The average molecular weight is 287 g/mol. The molecule has 0 bridgehead atoms. The second-order valence-corrected chi connectivity index (χ2v) is 6.36. The van der Waals surface area contributed by atoms with Crippen LogP contribution in [0.5, 0.6) is 0 Å². The van der Waals surface area contributed by atoms with E-state index in [-0.39, 0.29) is 11.1 Å². The molecular weight excluding hydrogens is 274 g/mol. The van der Waals surface area contributed by atoms with Crippen LogP contribution in [0.25, 0.3) is 11.3 Å². The van der Waals surface area contributed by atoms with Crippen LogP contribution in [-0.4, -0.2) is 15.9 Å². The van der Waals surface area contributed by atoms with E-state index in [0.29, 0.717) is 12.2 Å². The van der Waals surface area contributed by atoms with E-state index in [1.54, 1.807) is 6.92 Å². The van der Waals surface area contributed by atoms with Crippen LogP contribution in [0.3, 0.4) is 0 Å². The van der Waals surface area contributed by atoms with Gasteiger partial charge in [-0.2, -0.15) is 0 Å². The lowest BCUT2D eigenvalue weighted by atomic mass is 10.0. The average Bonchev–Trinajstić information content (AvgIpc) is 2.96. The van der Waals surface area contributed by atoms with Crippen molar-refractivity contribution < 1.29 is 14.0 Å². The Labute approximate surface area is 120 Å². The number of thioether (sulfide) groups is 1. The first-order valence-electron chi connectivity index (χ1n) is 6.25. The van der Waals surface area contributed by atoms with E-state index in [1.807, 2.05) is 42.5 Å². The van der Waals surface area contributed by atoms with Crippen molar-refractivity contribution >= 4 is 22.9 Å². The number of imide groups is 1. The lowest BCUT2D eigenvalue weighted by Gasteiger charge is -2.16. The number of nitrogens with one attached hydrogen (secondary N) is 1. The van der Waals surface area contributed by atoms with Crippen molar-refractivity contribution in [2.45, 2.75) is 18.1 Å². The number of carbonyl (C=O) groups is 2.